The summed E-state index contributed by atoms with van der Waals surface area (Å²) >= 11 is 1.53. The molecule has 1 saturated heterocycles. The molecule has 1 aromatic heterocycles. The maximum atomic E-state index is 13.0. The number of carbonyl (C=O) groups is 1. The molecule has 1 amide bonds. The van der Waals surface area contributed by atoms with E-state index in [1.807, 2.05) is 42.0 Å². The van der Waals surface area contributed by atoms with E-state index in [1.165, 1.54) is 18.2 Å². The van der Waals surface area contributed by atoms with Gasteiger partial charge in [-0.05, 0) is 56.9 Å². The third kappa shape index (κ3) is 4.06. The third-order valence-electron chi connectivity index (χ3n) is 4.97. The van der Waals surface area contributed by atoms with E-state index in [-0.39, 0.29) is 11.2 Å². The molecule has 2 atom stereocenters. The van der Waals surface area contributed by atoms with Crippen LogP contribution in [0.1, 0.15) is 39.5 Å². The molecular formula is C20H27N3O2S. The summed E-state index contributed by atoms with van der Waals surface area (Å²) < 4.78 is 7.24. The Bertz CT molecular complexity index is 729. The van der Waals surface area contributed by atoms with Crippen LogP contribution in [0.4, 0.5) is 0 Å². The number of hydrogen-bond acceptors (Lipinski definition) is 4. The van der Waals surface area contributed by atoms with Gasteiger partial charge in [0.25, 0.3) is 0 Å². The summed E-state index contributed by atoms with van der Waals surface area (Å²) in [5.74, 6) is 1.05. The second-order valence-corrected chi connectivity index (χ2v) is 7.94. The quantitative estimate of drug-likeness (QED) is 0.714. The summed E-state index contributed by atoms with van der Waals surface area (Å²) in [5, 5.41) is 0.683. The van der Waals surface area contributed by atoms with Crippen LogP contribution in [0.3, 0.4) is 0 Å². The first kappa shape index (κ1) is 18.8. The average Bonchev–Trinajstić information content (AvgIpc) is 3.15. The number of methoxy groups -OCH3 is 1. The Morgan fingerprint density at radius 3 is 2.81 bits per heavy atom. The van der Waals surface area contributed by atoms with Crippen molar-refractivity contribution in [3.8, 4) is 11.4 Å². The van der Waals surface area contributed by atoms with Crippen LogP contribution in [0.15, 0.2) is 41.8 Å². The molecular weight excluding hydrogens is 346 g/mol. The average molecular weight is 374 g/mol. The highest BCUT2D eigenvalue weighted by atomic mass is 32.2. The zero-order valence-electron chi connectivity index (χ0n) is 15.7. The van der Waals surface area contributed by atoms with Crippen LogP contribution in [-0.4, -0.2) is 45.3 Å². The van der Waals surface area contributed by atoms with Crippen molar-refractivity contribution in [1.82, 2.24) is 14.5 Å². The van der Waals surface area contributed by atoms with Crippen LogP contribution >= 0.6 is 11.8 Å². The molecule has 26 heavy (non-hydrogen) atoms. The number of aromatic nitrogens is 2. The lowest BCUT2D eigenvalue weighted by molar-refractivity contribution is -0.134. The van der Waals surface area contributed by atoms with Gasteiger partial charge in [0.2, 0.25) is 5.91 Å². The fraction of sp³-hybridized carbons (Fsp3) is 0.500. The number of thioether (sulfide) groups is 1. The highest BCUT2D eigenvalue weighted by molar-refractivity contribution is 8.00. The number of nitrogens with zero attached hydrogens (tertiary/aromatic N) is 3. The number of benzene rings is 1. The molecule has 3 rings (SSSR count). The van der Waals surface area contributed by atoms with E-state index in [1.54, 1.807) is 13.3 Å². The second-order valence-electron chi connectivity index (χ2n) is 6.63. The van der Waals surface area contributed by atoms with Crippen LogP contribution in [0.5, 0.6) is 5.75 Å². The lowest BCUT2D eigenvalue weighted by Gasteiger charge is -2.36. The number of hydrogen-bond donors (Lipinski definition) is 0. The molecule has 6 heteroatoms. The number of amides is 1. The maximum Gasteiger partial charge on any atom is 0.236 e. The van der Waals surface area contributed by atoms with Crippen LogP contribution in [-0.2, 0) is 4.79 Å². The second kappa shape index (κ2) is 8.62. The van der Waals surface area contributed by atoms with Crippen molar-refractivity contribution in [3.05, 3.63) is 36.7 Å². The van der Waals surface area contributed by atoms with E-state index in [0.29, 0.717) is 6.04 Å². The van der Waals surface area contributed by atoms with Gasteiger partial charge in [-0.15, -0.1) is 0 Å². The SMILES string of the molecule is CCC1CCCCN1C(=O)C(C)Sc1nccn1-c1ccc(OC)cc1. The van der Waals surface area contributed by atoms with Crippen molar-refractivity contribution < 1.29 is 9.53 Å². The third-order valence-corrected chi connectivity index (χ3v) is 6.04. The van der Waals surface area contributed by atoms with Crippen molar-refractivity contribution in [3.63, 3.8) is 0 Å². The molecule has 1 aliphatic heterocycles. The number of likely N-dealkylation sites (tertiary alicyclic amines) is 1. The molecule has 0 N–H and O–H groups in total. The summed E-state index contributed by atoms with van der Waals surface area (Å²) in [4.78, 5) is 19.5. The fourth-order valence-corrected chi connectivity index (χ4v) is 4.43. The summed E-state index contributed by atoms with van der Waals surface area (Å²) in [6, 6.07) is 8.24. The molecule has 2 unspecified atom stereocenters. The van der Waals surface area contributed by atoms with Crippen LogP contribution in [0.2, 0.25) is 0 Å². The smallest absolute Gasteiger partial charge is 0.236 e. The lowest BCUT2D eigenvalue weighted by atomic mass is 10.00. The predicted molar refractivity (Wildman–Crippen MR) is 105 cm³/mol. The van der Waals surface area contributed by atoms with Gasteiger partial charge in [0.15, 0.2) is 5.16 Å². The summed E-state index contributed by atoms with van der Waals surface area (Å²) in [6.07, 6.45) is 8.20. The molecule has 2 aromatic rings. The number of piperidine rings is 1. The first-order chi connectivity index (χ1) is 12.6. The Balaban J connectivity index is 1.72. The molecule has 0 bridgehead atoms. The van der Waals surface area contributed by atoms with E-state index in [9.17, 15) is 4.79 Å². The van der Waals surface area contributed by atoms with Crippen LogP contribution in [0.25, 0.3) is 5.69 Å². The summed E-state index contributed by atoms with van der Waals surface area (Å²) in [7, 11) is 1.66. The molecule has 1 aliphatic rings. The highest BCUT2D eigenvalue weighted by Crippen LogP contribution is 2.29. The van der Waals surface area contributed by atoms with Gasteiger partial charge in [-0.3, -0.25) is 9.36 Å². The van der Waals surface area contributed by atoms with E-state index < -0.39 is 0 Å². The molecule has 1 fully saturated rings. The number of carbonyl (C=O) groups excluding carboxylic acids is 1. The van der Waals surface area contributed by atoms with E-state index in [0.717, 1.165) is 42.4 Å². The van der Waals surface area contributed by atoms with Gasteiger partial charge in [-0.1, -0.05) is 18.7 Å². The monoisotopic (exact) mass is 373 g/mol. The minimum Gasteiger partial charge on any atom is -0.497 e. The normalized spacial score (nSPS) is 18.6. The van der Waals surface area contributed by atoms with Gasteiger partial charge in [0, 0.05) is 30.7 Å². The van der Waals surface area contributed by atoms with Crippen LogP contribution in [0, 0.1) is 0 Å². The van der Waals surface area contributed by atoms with Gasteiger partial charge in [-0.2, -0.15) is 0 Å². The number of rotatable bonds is 6. The molecule has 0 saturated carbocycles. The highest BCUT2D eigenvalue weighted by Gasteiger charge is 2.29. The zero-order chi connectivity index (χ0) is 18.5. The Morgan fingerprint density at radius 2 is 2.12 bits per heavy atom. The van der Waals surface area contributed by atoms with Gasteiger partial charge in [0.1, 0.15) is 5.75 Å². The van der Waals surface area contributed by atoms with Crippen molar-refractivity contribution in [1.29, 1.82) is 0 Å². The fourth-order valence-electron chi connectivity index (χ4n) is 3.47. The minimum atomic E-state index is -0.151. The van der Waals surface area contributed by atoms with Gasteiger partial charge >= 0.3 is 0 Å². The Kier molecular flexibility index (Phi) is 6.25. The first-order valence-electron chi connectivity index (χ1n) is 9.29. The molecule has 0 radical (unpaired) electrons. The van der Waals surface area contributed by atoms with Gasteiger partial charge in [-0.25, -0.2) is 4.98 Å². The molecule has 140 valence electrons. The minimum absolute atomic E-state index is 0.151. The molecule has 5 nitrogen and oxygen atoms in total. The maximum absolute atomic E-state index is 13.0. The van der Waals surface area contributed by atoms with E-state index >= 15 is 0 Å². The molecule has 1 aromatic carbocycles. The molecule has 0 aliphatic carbocycles. The van der Waals surface area contributed by atoms with Gasteiger partial charge in [0.05, 0.1) is 12.4 Å². The van der Waals surface area contributed by atoms with Gasteiger partial charge < -0.3 is 9.64 Å². The van der Waals surface area contributed by atoms with Crippen molar-refractivity contribution in [2.24, 2.45) is 0 Å². The zero-order valence-corrected chi connectivity index (χ0v) is 16.5. The molecule has 2 heterocycles. The lowest BCUT2D eigenvalue weighted by Crippen LogP contribution is -2.46. The Morgan fingerprint density at radius 1 is 1.35 bits per heavy atom. The van der Waals surface area contributed by atoms with Crippen molar-refractivity contribution >= 4 is 17.7 Å². The Hall–Kier alpha value is -1.95. The first-order valence-corrected chi connectivity index (χ1v) is 10.2. The standard InChI is InChI=1S/C20H27N3O2S/c1-4-16-7-5-6-13-22(16)19(24)15(2)26-20-21-12-14-23(20)17-8-10-18(25-3)11-9-17/h8-12,14-16H,4-7,13H2,1-3H3. The van der Waals surface area contributed by atoms with Crippen LogP contribution < -0.4 is 4.74 Å². The topological polar surface area (TPSA) is 47.4 Å². The summed E-state index contributed by atoms with van der Waals surface area (Å²) in [6.45, 7) is 5.04. The van der Waals surface area contributed by atoms with Crippen molar-refractivity contribution in [2.75, 3.05) is 13.7 Å². The Labute approximate surface area is 159 Å². The summed E-state index contributed by atoms with van der Waals surface area (Å²) in [5.41, 5.74) is 1.01. The van der Waals surface area contributed by atoms with E-state index in [4.69, 9.17) is 4.74 Å². The molecule has 0 spiro atoms. The largest absolute Gasteiger partial charge is 0.497 e. The van der Waals surface area contributed by atoms with Crippen molar-refractivity contribution in [2.45, 2.75) is 56.0 Å². The number of ether oxygens (including phenoxy) is 1. The predicted octanol–water partition coefficient (Wildman–Crippen LogP) is 4.15. The number of imidazole rings is 1. The van der Waals surface area contributed by atoms with E-state index in [2.05, 4.69) is 16.8 Å².